The van der Waals surface area contributed by atoms with E-state index in [-0.39, 0.29) is 18.7 Å². The normalized spacial score (nSPS) is 11.5. The zero-order chi connectivity index (χ0) is 10.3. The molecule has 1 amide bonds. The van der Waals surface area contributed by atoms with Gasteiger partial charge in [0.05, 0.1) is 7.11 Å². The Labute approximate surface area is 76.4 Å². The van der Waals surface area contributed by atoms with Gasteiger partial charge in [-0.3, -0.25) is 4.79 Å². The van der Waals surface area contributed by atoms with E-state index in [4.69, 9.17) is 0 Å². The molecule has 13 heavy (non-hydrogen) atoms. The molecule has 0 heterocycles. The van der Waals surface area contributed by atoms with Crippen molar-refractivity contribution in [2.45, 2.75) is 25.8 Å². The van der Waals surface area contributed by atoms with Gasteiger partial charge in [0.15, 0.2) is 0 Å². The van der Waals surface area contributed by atoms with E-state index >= 15 is 0 Å². The Hall–Kier alpha value is -1.39. The summed E-state index contributed by atoms with van der Waals surface area (Å²) in [6.45, 7) is 1.30. The molecule has 0 bridgehead atoms. The molecular weight excluding hydrogens is 174 g/mol. The number of rotatable bonds is 5. The molecule has 74 valence electrons. The minimum absolute atomic E-state index is 0.222. The molecule has 0 aromatic rings. The summed E-state index contributed by atoms with van der Waals surface area (Å²) in [5.41, 5.74) is 0. The highest BCUT2D eigenvalue weighted by Crippen LogP contribution is 1.97. The molecule has 1 N–H and O–H groups in total. The maximum atomic E-state index is 11.0. The molecular formula is C8H13NO4. The second-order valence-electron chi connectivity index (χ2n) is 2.52. The highest BCUT2D eigenvalue weighted by molar-refractivity contribution is 5.83. The Kier molecular flexibility index (Phi) is 5.50. The van der Waals surface area contributed by atoms with Crippen LogP contribution in [0.15, 0.2) is 0 Å². The van der Waals surface area contributed by atoms with Crippen LogP contribution in [0.25, 0.3) is 0 Å². The molecule has 0 radical (unpaired) electrons. The summed E-state index contributed by atoms with van der Waals surface area (Å²) in [6, 6.07) is -0.715. The summed E-state index contributed by atoms with van der Waals surface area (Å²) in [7, 11) is 1.23. The number of amides is 1. The van der Waals surface area contributed by atoms with Crippen LogP contribution in [0.5, 0.6) is 0 Å². The molecule has 0 aliphatic heterocycles. The third-order valence-corrected chi connectivity index (χ3v) is 1.44. The van der Waals surface area contributed by atoms with Crippen molar-refractivity contribution in [1.29, 1.82) is 0 Å². The standard InChI is InChI=1S/C8H13NO4/c1-6(11)9-7(4-3-5-10)8(12)13-2/h5,7H,3-4H2,1-2H3,(H,9,11). The first-order valence-electron chi connectivity index (χ1n) is 3.90. The predicted octanol–water partition coefficient (Wildman–Crippen LogP) is -0.357. The van der Waals surface area contributed by atoms with Crippen molar-refractivity contribution in [3.05, 3.63) is 0 Å². The number of hydrogen-bond acceptors (Lipinski definition) is 4. The van der Waals surface area contributed by atoms with Crippen molar-refractivity contribution in [3.8, 4) is 0 Å². The van der Waals surface area contributed by atoms with Gasteiger partial charge in [-0.25, -0.2) is 4.79 Å². The van der Waals surface area contributed by atoms with E-state index in [0.29, 0.717) is 6.29 Å². The lowest BCUT2D eigenvalue weighted by molar-refractivity contribution is -0.145. The molecule has 5 heteroatoms. The topological polar surface area (TPSA) is 72.5 Å². The van der Waals surface area contributed by atoms with Gasteiger partial charge in [0.25, 0.3) is 0 Å². The SMILES string of the molecule is COC(=O)C(CCC=O)NC(C)=O. The van der Waals surface area contributed by atoms with E-state index in [2.05, 4.69) is 10.1 Å². The smallest absolute Gasteiger partial charge is 0.328 e. The van der Waals surface area contributed by atoms with Crippen LogP contribution in [0.1, 0.15) is 19.8 Å². The number of carbonyl (C=O) groups is 3. The first-order chi connectivity index (χ1) is 6.11. The largest absolute Gasteiger partial charge is 0.467 e. The van der Waals surface area contributed by atoms with Crippen molar-refractivity contribution in [3.63, 3.8) is 0 Å². The van der Waals surface area contributed by atoms with Gasteiger partial charge >= 0.3 is 5.97 Å². The van der Waals surface area contributed by atoms with Crippen molar-refractivity contribution in [2.24, 2.45) is 0 Å². The monoisotopic (exact) mass is 187 g/mol. The quantitative estimate of drug-likeness (QED) is 0.471. The lowest BCUT2D eigenvalue weighted by Gasteiger charge is -2.13. The average Bonchev–Trinajstić information content (AvgIpc) is 2.10. The minimum Gasteiger partial charge on any atom is -0.467 e. The molecule has 0 spiro atoms. The first kappa shape index (κ1) is 11.6. The summed E-state index contributed by atoms with van der Waals surface area (Å²) in [5.74, 6) is -0.849. The minimum atomic E-state index is -0.715. The fraction of sp³-hybridized carbons (Fsp3) is 0.625. The molecule has 1 unspecified atom stereocenters. The molecule has 1 atom stereocenters. The number of carbonyl (C=O) groups excluding carboxylic acids is 3. The number of aldehydes is 1. The molecule has 0 aromatic carbocycles. The van der Waals surface area contributed by atoms with Crippen LogP contribution in [0, 0.1) is 0 Å². The lowest BCUT2D eigenvalue weighted by Crippen LogP contribution is -2.40. The average molecular weight is 187 g/mol. The van der Waals surface area contributed by atoms with Crippen LogP contribution in [-0.2, 0) is 19.1 Å². The Morgan fingerprint density at radius 1 is 1.54 bits per heavy atom. The van der Waals surface area contributed by atoms with Gasteiger partial charge in [-0.1, -0.05) is 0 Å². The van der Waals surface area contributed by atoms with Crippen molar-refractivity contribution < 1.29 is 19.1 Å². The summed E-state index contributed by atoms with van der Waals surface area (Å²) in [5, 5.41) is 2.39. The summed E-state index contributed by atoms with van der Waals surface area (Å²) >= 11 is 0. The van der Waals surface area contributed by atoms with Crippen LogP contribution in [0.3, 0.4) is 0 Å². The number of hydrogen-bond donors (Lipinski definition) is 1. The predicted molar refractivity (Wildman–Crippen MR) is 44.9 cm³/mol. The third kappa shape index (κ3) is 4.95. The maximum absolute atomic E-state index is 11.0. The maximum Gasteiger partial charge on any atom is 0.328 e. The molecule has 0 aliphatic carbocycles. The zero-order valence-corrected chi connectivity index (χ0v) is 7.70. The fourth-order valence-electron chi connectivity index (χ4n) is 0.871. The van der Waals surface area contributed by atoms with Crippen molar-refractivity contribution in [2.75, 3.05) is 7.11 Å². The summed E-state index contributed by atoms with van der Waals surface area (Å²) < 4.78 is 4.44. The number of ether oxygens (including phenoxy) is 1. The van der Waals surface area contributed by atoms with Crippen LogP contribution in [-0.4, -0.2) is 31.3 Å². The molecule has 0 aromatic heterocycles. The van der Waals surface area contributed by atoms with Crippen LogP contribution < -0.4 is 5.32 Å². The van der Waals surface area contributed by atoms with Crippen LogP contribution in [0.4, 0.5) is 0 Å². The van der Waals surface area contributed by atoms with E-state index in [9.17, 15) is 14.4 Å². The van der Waals surface area contributed by atoms with Gasteiger partial charge in [-0.2, -0.15) is 0 Å². The van der Waals surface area contributed by atoms with Crippen LogP contribution in [0.2, 0.25) is 0 Å². The molecule has 0 aliphatic rings. The molecule has 0 saturated carbocycles. The van der Waals surface area contributed by atoms with Gasteiger partial charge in [-0.15, -0.1) is 0 Å². The van der Waals surface area contributed by atoms with E-state index in [1.165, 1.54) is 14.0 Å². The van der Waals surface area contributed by atoms with Gasteiger partial charge in [0, 0.05) is 13.3 Å². The Balaban J connectivity index is 4.09. The van der Waals surface area contributed by atoms with Gasteiger partial charge in [0.1, 0.15) is 12.3 Å². The first-order valence-corrected chi connectivity index (χ1v) is 3.90. The third-order valence-electron chi connectivity index (χ3n) is 1.44. The zero-order valence-electron chi connectivity index (χ0n) is 7.70. The molecule has 0 saturated heterocycles. The summed E-state index contributed by atoms with van der Waals surface area (Å²) in [4.78, 5) is 31.7. The number of nitrogens with one attached hydrogen (secondary N) is 1. The molecule has 5 nitrogen and oxygen atoms in total. The van der Waals surface area contributed by atoms with Crippen LogP contribution >= 0.6 is 0 Å². The van der Waals surface area contributed by atoms with Gasteiger partial charge < -0.3 is 14.8 Å². The second kappa shape index (κ2) is 6.16. The number of esters is 1. The van der Waals surface area contributed by atoms with E-state index < -0.39 is 12.0 Å². The van der Waals surface area contributed by atoms with Gasteiger partial charge in [-0.05, 0) is 6.42 Å². The fourth-order valence-corrected chi connectivity index (χ4v) is 0.871. The van der Waals surface area contributed by atoms with E-state index in [1.54, 1.807) is 0 Å². The highest BCUT2D eigenvalue weighted by atomic mass is 16.5. The van der Waals surface area contributed by atoms with Gasteiger partial charge in [0.2, 0.25) is 5.91 Å². The molecule has 0 rings (SSSR count). The number of methoxy groups -OCH3 is 1. The van der Waals surface area contributed by atoms with Crippen molar-refractivity contribution in [1.82, 2.24) is 5.32 Å². The Bertz CT molecular complexity index is 202. The summed E-state index contributed by atoms with van der Waals surface area (Å²) in [6.07, 6.45) is 1.19. The second-order valence-corrected chi connectivity index (χ2v) is 2.52. The Morgan fingerprint density at radius 3 is 2.54 bits per heavy atom. The molecule has 0 fully saturated rings. The van der Waals surface area contributed by atoms with E-state index in [1.807, 2.05) is 0 Å². The van der Waals surface area contributed by atoms with E-state index in [0.717, 1.165) is 0 Å². The van der Waals surface area contributed by atoms with Crippen molar-refractivity contribution >= 4 is 18.2 Å². The lowest BCUT2D eigenvalue weighted by atomic mass is 10.1. The Morgan fingerprint density at radius 2 is 2.15 bits per heavy atom. The highest BCUT2D eigenvalue weighted by Gasteiger charge is 2.18.